The van der Waals surface area contributed by atoms with E-state index in [4.69, 9.17) is 0 Å². The van der Waals surface area contributed by atoms with Crippen LogP contribution in [0.3, 0.4) is 0 Å². The number of rotatable bonds is 5. The van der Waals surface area contributed by atoms with Crippen LogP contribution in [0.25, 0.3) is 0 Å². The first-order valence-electron chi connectivity index (χ1n) is 7.47. The molecule has 0 bridgehead atoms. The molecule has 0 spiro atoms. The topological polar surface area (TPSA) is 58.1 Å². The Kier molecular flexibility index (Phi) is 4.93. The van der Waals surface area contributed by atoms with Gasteiger partial charge in [0.1, 0.15) is 11.5 Å². The second-order valence-corrected chi connectivity index (χ2v) is 5.76. The molecule has 1 N–H and O–H groups in total. The number of anilines is 1. The fourth-order valence-corrected chi connectivity index (χ4v) is 2.46. The molecule has 1 atom stereocenters. The minimum Gasteiger partial charge on any atom is -0.369 e. The zero-order chi connectivity index (χ0) is 14.5. The van der Waals surface area contributed by atoms with Gasteiger partial charge in [-0.1, -0.05) is 20.8 Å². The Morgan fingerprint density at radius 3 is 2.80 bits per heavy atom. The summed E-state index contributed by atoms with van der Waals surface area (Å²) in [6.45, 7) is 9.06. The molecule has 1 saturated heterocycles. The van der Waals surface area contributed by atoms with Crippen LogP contribution in [0, 0.1) is 11.8 Å². The van der Waals surface area contributed by atoms with Gasteiger partial charge in [0.25, 0.3) is 5.91 Å². The maximum Gasteiger partial charge on any atom is 0.274 e. The number of nitrogens with zero attached hydrogens (tertiary/aromatic N) is 3. The molecule has 0 aliphatic carbocycles. The van der Waals surface area contributed by atoms with Crippen LogP contribution in [0.1, 0.15) is 44.1 Å². The highest BCUT2D eigenvalue weighted by atomic mass is 16.2. The Labute approximate surface area is 120 Å². The third-order valence-corrected chi connectivity index (χ3v) is 3.88. The SMILES string of the molecule is CCCNc1cnc(C(=O)N2CCC(C(C)C)C2)cn1. The summed E-state index contributed by atoms with van der Waals surface area (Å²) in [6.07, 6.45) is 5.33. The molecule has 1 aliphatic rings. The molecule has 2 rings (SSSR count). The smallest absolute Gasteiger partial charge is 0.274 e. The van der Waals surface area contributed by atoms with Gasteiger partial charge < -0.3 is 10.2 Å². The van der Waals surface area contributed by atoms with E-state index in [0.29, 0.717) is 17.5 Å². The Morgan fingerprint density at radius 2 is 2.25 bits per heavy atom. The Balaban J connectivity index is 1.96. The van der Waals surface area contributed by atoms with Crippen LogP contribution in [0.5, 0.6) is 0 Å². The fraction of sp³-hybridized carbons (Fsp3) is 0.667. The zero-order valence-corrected chi connectivity index (χ0v) is 12.6. The van der Waals surface area contributed by atoms with Crippen molar-refractivity contribution >= 4 is 11.7 Å². The van der Waals surface area contributed by atoms with E-state index in [1.54, 1.807) is 12.4 Å². The Hall–Kier alpha value is -1.65. The van der Waals surface area contributed by atoms with Gasteiger partial charge in [0.15, 0.2) is 0 Å². The maximum absolute atomic E-state index is 12.3. The van der Waals surface area contributed by atoms with Gasteiger partial charge in [0.2, 0.25) is 0 Å². The number of amides is 1. The lowest BCUT2D eigenvalue weighted by molar-refractivity contribution is 0.0778. The van der Waals surface area contributed by atoms with Gasteiger partial charge >= 0.3 is 0 Å². The quantitative estimate of drug-likeness (QED) is 0.897. The molecule has 1 amide bonds. The molecule has 5 nitrogen and oxygen atoms in total. The summed E-state index contributed by atoms with van der Waals surface area (Å²) in [5, 5.41) is 3.15. The highest BCUT2D eigenvalue weighted by Gasteiger charge is 2.29. The lowest BCUT2D eigenvalue weighted by Gasteiger charge is -2.17. The number of hydrogen-bond acceptors (Lipinski definition) is 4. The van der Waals surface area contributed by atoms with Crippen molar-refractivity contribution in [2.75, 3.05) is 25.0 Å². The minimum atomic E-state index is 0.00249. The number of likely N-dealkylation sites (tertiary alicyclic amines) is 1. The van der Waals surface area contributed by atoms with Gasteiger partial charge in [-0.05, 0) is 24.7 Å². The maximum atomic E-state index is 12.3. The second-order valence-electron chi connectivity index (χ2n) is 5.76. The molecule has 20 heavy (non-hydrogen) atoms. The fourth-order valence-electron chi connectivity index (χ4n) is 2.46. The van der Waals surface area contributed by atoms with Gasteiger partial charge in [-0.3, -0.25) is 4.79 Å². The molecule has 1 fully saturated rings. The summed E-state index contributed by atoms with van der Waals surface area (Å²) in [4.78, 5) is 22.7. The average Bonchev–Trinajstić information content (AvgIpc) is 2.95. The molecule has 2 heterocycles. The predicted molar refractivity (Wildman–Crippen MR) is 79.7 cm³/mol. The lowest BCUT2D eigenvalue weighted by Crippen LogP contribution is -2.30. The summed E-state index contributed by atoms with van der Waals surface area (Å²) in [7, 11) is 0. The standard InChI is InChI=1S/C15H24N4O/c1-4-6-16-14-9-17-13(8-18-14)15(20)19-7-5-12(10-19)11(2)3/h8-9,11-12H,4-7,10H2,1-3H3,(H,16,18). The third kappa shape index (κ3) is 3.46. The van der Waals surface area contributed by atoms with Crippen molar-refractivity contribution in [2.45, 2.75) is 33.6 Å². The first-order valence-corrected chi connectivity index (χ1v) is 7.47. The number of aromatic nitrogens is 2. The molecule has 110 valence electrons. The molecule has 0 saturated carbocycles. The Bertz CT molecular complexity index is 444. The van der Waals surface area contributed by atoms with Gasteiger partial charge in [0, 0.05) is 19.6 Å². The van der Waals surface area contributed by atoms with Crippen LogP contribution in [0.4, 0.5) is 5.82 Å². The highest BCUT2D eigenvalue weighted by molar-refractivity contribution is 5.92. The number of nitrogens with one attached hydrogen (secondary N) is 1. The molecule has 0 aromatic carbocycles. The number of carbonyl (C=O) groups is 1. The molecule has 1 aromatic heterocycles. The van der Waals surface area contributed by atoms with E-state index in [1.807, 2.05) is 4.90 Å². The van der Waals surface area contributed by atoms with Crippen molar-refractivity contribution in [3.05, 3.63) is 18.1 Å². The van der Waals surface area contributed by atoms with Crippen LogP contribution < -0.4 is 5.32 Å². The van der Waals surface area contributed by atoms with Crippen molar-refractivity contribution in [2.24, 2.45) is 11.8 Å². The first-order chi connectivity index (χ1) is 9.61. The highest BCUT2D eigenvalue weighted by Crippen LogP contribution is 2.24. The van der Waals surface area contributed by atoms with Gasteiger partial charge in [-0.25, -0.2) is 9.97 Å². The number of carbonyl (C=O) groups excluding carboxylic acids is 1. The van der Waals surface area contributed by atoms with E-state index >= 15 is 0 Å². The molecule has 5 heteroatoms. The summed E-state index contributed by atoms with van der Waals surface area (Å²) in [5.41, 5.74) is 0.441. The van der Waals surface area contributed by atoms with Crippen LogP contribution in [0.2, 0.25) is 0 Å². The number of hydrogen-bond donors (Lipinski definition) is 1. The zero-order valence-electron chi connectivity index (χ0n) is 12.6. The second kappa shape index (κ2) is 6.68. The van der Waals surface area contributed by atoms with Crippen molar-refractivity contribution in [3.63, 3.8) is 0 Å². The molecular weight excluding hydrogens is 252 g/mol. The van der Waals surface area contributed by atoms with E-state index in [-0.39, 0.29) is 5.91 Å². The first kappa shape index (κ1) is 14.8. The molecule has 1 aromatic rings. The minimum absolute atomic E-state index is 0.00249. The molecular formula is C15H24N4O. The summed E-state index contributed by atoms with van der Waals surface area (Å²) < 4.78 is 0. The largest absolute Gasteiger partial charge is 0.369 e. The van der Waals surface area contributed by atoms with Crippen molar-refractivity contribution < 1.29 is 4.79 Å². The van der Waals surface area contributed by atoms with Crippen LogP contribution in [-0.4, -0.2) is 40.4 Å². The summed E-state index contributed by atoms with van der Waals surface area (Å²) in [5.74, 6) is 1.96. The van der Waals surface area contributed by atoms with Crippen LogP contribution in [-0.2, 0) is 0 Å². The van der Waals surface area contributed by atoms with Crippen LogP contribution in [0.15, 0.2) is 12.4 Å². The van der Waals surface area contributed by atoms with Crippen molar-refractivity contribution in [3.8, 4) is 0 Å². The van der Waals surface area contributed by atoms with Gasteiger partial charge in [-0.15, -0.1) is 0 Å². The lowest BCUT2D eigenvalue weighted by atomic mass is 9.95. The molecule has 1 unspecified atom stereocenters. The van der Waals surface area contributed by atoms with Crippen molar-refractivity contribution in [1.82, 2.24) is 14.9 Å². The third-order valence-electron chi connectivity index (χ3n) is 3.88. The average molecular weight is 276 g/mol. The van der Waals surface area contributed by atoms with Crippen LogP contribution >= 0.6 is 0 Å². The van der Waals surface area contributed by atoms with E-state index < -0.39 is 0 Å². The van der Waals surface area contributed by atoms with E-state index in [1.165, 1.54) is 0 Å². The summed E-state index contributed by atoms with van der Waals surface area (Å²) in [6, 6.07) is 0. The van der Waals surface area contributed by atoms with Gasteiger partial charge in [0.05, 0.1) is 12.4 Å². The Morgan fingerprint density at radius 1 is 1.45 bits per heavy atom. The van der Waals surface area contributed by atoms with Crippen molar-refractivity contribution in [1.29, 1.82) is 0 Å². The van der Waals surface area contributed by atoms with Gasteiger partial charge in [-0.2, -0.15) is 0 Å². The normalized spacial score (nSPS) is 18.6. The monoisotopic (exact) mass is 276 g/mol. The molecule has 1 aliphatic heterocycles. The predicted octanol–water partition coefficient (Wildman–Crippen LogP) is 2.42. The van der Waals surface area contributed by atoms with E-state index in [2.05, 4.69) is 36.1 Å². The molecule has 0 radical (unpaired) electrons. The van der Waals surface area contributed by atoms with E-state index in [9.17, 15) is 4.79 Å². The summed E-state index contributed by atoms with van der Waals surface area (Å²) >= 11 is 0. The van der Waals surface area contributed by atoms with E-state index in [0.717, 1.165) is 38.3 Å².